The molecule has 0 radical (unpaired) electrons. The van der Waals surface area contributed by atoms with Crippen LogP contribution in [0.2, 0.25) is 0 Å². The topological polar surface area (TPSA) is 98.5 Å². The van der Waals surface area contributed by atoms with Crippen molar-refractivity contribution >= 4 is 28.8 Å². The van der Waals surface area contributed by atoms with Crippen LogP contribution in [0.25, 0.3) is 0 Å². The molecule has 0 spiro atoms. The van der Waals surface area contributed by atoms with Crippen molar-refractivity contribution in [2.75, 3.05) is 18.9 Å². The SMILES string of the molecule is CC(=O)OC[C@H](N)C(=O)NCCSC(C)=O. The van der Waals surface area contributed by atoms with Crippen LogP contribution in [0, 0.1) is 0 Å². The molecule has 0 bridgehead atoms. The van der Waals surface area contributed by atoms with Gasteiger partial charge in [-0.3, -0.25) is 14.4 Å². The molecule has 0 saturated carbocycles. The Hall–Kier alpha value is -1.08. The van der Waals surface area contributed by atoms with Crippen molar-refractivity contribution in [3.05, 3.63) is 0 Å². The van der Waals surface area contributed by atoms with Crippen LogP contribution in [0.3, 0.4) is 0 Å². The van der Waals surface area contributed by atoms with Crippen LogP contribution in [-0.4, -0.2) is 41.9 Å². The van der Waals surface area contributed by atoms with Crippen LogP contribution in [0.1, 0.15) is 13.8 Å². The molecule has 6 nitrogen and oxygen atoms in total. The zero-order valence-electron chi connectivity index (χ0n) is 9.32. The fraction of sp³-hybridized carbons (Fsp3) is 0.667. The zero-order chi connectivity index (χ0) is 12.6. The number of ether oxygens (including phenoxy) is 1. The smallest absolute Gasteiger partial charge is 0.302 e. The van der Waals surface area contributed by atoms with E-state index in [0.717, 1.165) is 11.8 Å². The maximum atomic E-state index is 11.3. The summed E-state index contributed by atoms with van der Waals surface area (Å²) in [5.41, 5.74) is 5.44. The van der Waals surface area contributed by atoms with Gasteiger partial charge in [-0.05, 0) is 0 Å². The van der Waals surface area contributed by atoms with Crippen molar-refractivity contribution < 1.29 is 19.1 Å². The summed E-state index contributed by atoms with van der Waals surface area (Å²) < 4.78 is 4.59. The van der Waals surface area contributed by atoms with E-state index in [-0.39, 0.29) is 11.7 Å². The number of hydrogen-bond donors (Lipinski definition) is 2. The van der Waals surface area contributed by atoms with E-state index < -0.39 is 17.9 Å². The van der Waals surface area contributed by atoms with Gasteiger partial charge in [0.1, 0.15) is 12.6 Å². The van der Waals surface area contributed by atoms with Gasteiger partial charge in [0.2, 0.25) is 5.91 Å². The second kappa shape index (κ2) is 8.12. The number of amides is 1. The van der Waals surface area contributed by atoms with Crippen molar-refractivity contribution in [2.24, 2.45) is 5.73 Å². The van der Waals surface area contributed by atoms with E-state index in [1.54, 1.807) is 0 Å². The lowest BCUT2D eigenvalue weighted by Gasteiger charge is -2.11. The van der Waals surface area contributed by atoms with Crippen molar-refractivity contribution in [3.63, 3.8) is 0 Å². The van der Waals surface area contributed by atoms with E-state index in [1.165, 1.54) is 13.8 Å². The first-order valence-electron chi connectivity index (χ1n) is 4.73. The lowest BCUT2D eigenvalue weighted by molar-refractivity contribution is -0.142. The number of rotatable bonds is 6. The van der Waals surface area contributed by atoms with Gasteiger partial charge in [-0.1, -0.05) is 11.8 Å². The average Bonchev–Trinajstić information content (AvgIpc) is 2.20. The molecule has 1 amide bonds. The van der Waals surface area contributed by atoms with Crippen LogP contribution in [0.4, 0.5) is 0 Å². The third-order valence-corrected chi connectivity index (χ3v) is 2.32. The first-order chi connectivity index (χ1) is 7.43. The van der Waals surface area contributed by atoms with Crippen molar-refractivity contribution in [1.29, 1.82) is 0 Å². The van der Waals surface area contributed by atoms with Crippen LogP contribution in [-0.2, 0) is 19.1 Å². The standard InChI is InChI=1S/C9H16N2O4S/c1-6(12)15-5-8(10)9(14)11-3-4-16-7(2)13/h8H,3-5,10H2,1-2H3,(H,11,14)/t8-/m0/s1. The van der Waals surface area contributed by atoms with Crippen molar-refractivity contribution in [2.45, 2.75) is 19.9 Å². The molecule has 0 aromatic carbocycles. The number of esters is 1. The van der Waals surface area contributed by atoms with Gasteiger partial charge < -0.3 is 15.8 Å². The van der Waals surface area contributed by atoms with E-state index in [4.69, 9.17) is 5.73 Å². The summed E-state index contributed by atoms with van der Waals surface area (Å²) in [6.45, 7) is 2.92. The molecule has 0 fully saturated rings. The highest BCUT2D eigenvalue weighted by Gasteiger charge is 2.13. The number of carbonyl (C=O) groups is 3. The van der Waals surface area contributed by atoms with E-state index in [1.807, 2.05) is 0 Å². The molecule has 0 aliphatic carbocycles. The van der Waals surface area contributed by atoms with Crippen LogP contribution in [0.15, 0.2) is 0 Å². The van der Waals surface area contributed by atoms with E-state index in [9.17, 15) is 14.4 Å². The van der Waals surface area contributed by atoms with Crippen molar-refractivity contribution in [3.8, 4) is 0 Å². The molecule has 0 aromatic heterocycles. The van der Waals surface area contributed by atoms with Gasteiger partial charge in [-0.2, -0.15) is 0 Å². The molecule has 0 aliphatic heterocycles. The summed E-state index contributed by atoms with van der Waals surface area (Å²) in [5, 5.41) is 2.53. The van der Waals surface area contributed by atoms with Gasteiger partial charge in [-0.15, -0.1) is 0 Å². The van der Waals surface area contributed by atoms with Crippen molar-refractivity contribution in [1.82, 2.24) is 5.32 Å². The zero-order valence-corrected chi connectivity index (χ0v) is 10.1. The number of nitrogens with two attached hydrogens (primary N) is 1. The molecule has 0 rings (SSSR count). The third kappa shape index (κ3) is 8.25. The number of thioether (sulfide) groups is 1. The summed E-state index contributed by atoms with van der Waals surface area (Å²) in [7, 11) is 0. The van der Waals surface area contributed by atoms with Gasteiger partial charge >= 0.3 is 5.97 Å². The molecule has 1 atom stereocenters. The summed E-state index contributed by atoms with van der Waals surface area (Å²) in [5.74, 6) is -0.373. The van der Waals surface area contributed by atoms with E-state index in [2.05, 4.69) is 10.1 Å². The molecule has 0 aliphatic rings. The molecule has 7 heteroatoms. The summed E-state index contributed by atoms with van der Waals surface area (Å²) in [6, 6.07) is -0.869. The van der Waals surface area contributed by atoms with Gasteiger partial charge in [0.15, 0.2) is 5.12 Å². The minimum absolute atomic E-state index is 0.00143. The third-order valence-electron chi connectivity index (χ3n) is 1.51. The molecular weight excluding hydrogens is 232 g/mol. The lowest BCUT2D eigenvalue weighted by Crippen LogP contribution is -2.44. The van der Waals surface area contributed by atoms with E-state index >= 15 is 0 Å². The summed E-state index contributed by atoms with van der Waals surface area (Å²) >= 11 is 1.12. The Labute approximate surface area is 98.3 Å². The average molecular weight is 248 g/mol. The molecule has 0 aromatic rings. The normalized spacial score (nSPS) is 11.7. The second-order valence-electron chi connectivity index (χ2n) is 3.04. The Morgan fingerprint density at radius 3 is 2.50 bits per heavy atom. The lowest BCUT2D eigenvalue weighted by atomic mass is 10.3. The van der Waals surface area contributed by atoms with Gasteiger partial charge in [0.25, 0.3) is 0 Å². The van der Waals surface area contributed by atoms with Gasteiger partial charge in [-0.25, -0.2) is 0 Å². The molecule has 0 saturated heterocycles. The molecule has 0 heterocycles. The fourth-order valence-electron chi connectivity index (χ4n) is 0.783. The Morgan fingerprint density at radius 2 is 2.00 bits per heavy atom. The van der Waals surface area contributed by atoms with Gasteiger partial charge in [0.05, 0.1) is 0 Å². The Bertz CT molecular complexity index is 270. The Balaban J connectivity index is 3.62. The van der Waals surface area contributed by atoms with Crippen LogP contribution < -0.4 is 11.1 Å². The molecule has 3 N–H and O–H groups in total. The Kier molecular flexibility index (Phi) is 7.57. The van der Waals surface area contributed by atoms with E-state index in [0.29, 0.717) is 12.3 Å². The fourth-order valence-corrected chi connectivity index (χ4v) is 1.27. The molecule has 92 valence electrons. The van der Waals surface area contributed by atoms with Gasteiger partial charge in [0, 0.05) is 26.1 Å². The predicted molar refractivity (Wildman–Crippen MR) is 60.8 cm³/mol. The monoisotopic (exact) mass is 248 g/mol. The molecule has 0 unspecified atom stereocenters. The number of carbonyl (C=O) groups excluding carboxylic acids is 3. The number of nitrogens with one attached hydrogen (secondary N) is 1. The maximum Gasteiger partial charge on any atom is 0.302 e. The second-order valence-corrected chi connectivity index (χ2v) is 4.31. The van der Waals surface area contributed by atoms with Crippen LogP contribution >= 0.6 is 11.8 Å². The quantitative estimate of drug-likeness (QED) is 0.475. The molecule has 16 heavy (non-hydrogen) atoms. The summed E-state index contributed by atoms with van der Waals surface area (Å²) in [6.07, 6.45) is 0. The highest BCUT2D eigenvalue weighted by atomic mass is 32.2. The highest BCUT2D eigenvalue weighted by Crippen LogP contribution is 1.98. The number of hydrogen-bond acceptors (Lipinski definition) is 6. The Morgan fingerprint density at radius 1 is 1.38 bits per heavy atom. The van der Waals surface area contributed by atoms with Crippen LogP contribution in [0.5, 0.6) is 0 Å². The maximum absolute atomic E-state index is 11.3. The largest absolute Gasteiger partial charge is 0.464 e. The summed E-state index contributed by atoms with van der Waals surface area (Å²) in [4.78, 5) is 32.3. The predicted octanol–water partition coefficient (Wildman–Crippen LogP) is -0.727. The molecular formula is C9H16N2O4S. The minimum Gasteiger partial charge on any atom is -0.464 e. The first kappa shape index (κ1) is 14.9. The minimum atomic E-state index is -0.869. The first-order valence-corrected chi connectivity index (χ1v) is 5.72. The highest BCUT2D eigenvalue weighted by molar-refractivity contribution is 8.13.